The maximum atomic E-state index is 9.50. The average molecular weight is 184 g/mol. The molecule has 0 bridgehead atoms. The number of phenols is 1. The van der Waals surface area contributed by atoms with Gasteiger partial charge >= 0.3 is 0 Å². The first kappa shape index (κ1) is 9.83. The zero-order chi connectivity index (χ0) is 9.84. The predicted molar refractivity (Wildman–Crippen MR) is 46.5 cm³/mol. The first-order valence-electron chi connectivity index (χ1n) is 3.84. The van der Waals surface area contributed by atoms with Crippen molar-refractivity contribution in [2.45, 2.75) is 13.2 Å². The summed E-state index contributed by atoms with van der Waals surface area (Å²) in [5.74, 6) is 0.179. The number of benzene rings is 1. The van der Waals surface area contributed by atoms with Crippen molar-refractivity contribution < 1.29 is 20.1 Å². The Morgan fingerprint density at radius 1 is 1.23 bits per heavy atom. The van der Waals surface area contributed by atoms with Crippen LogP contribution in [-0.2, 0) is 13.2 Å². The number of methoxy groups -OCH3 is 1. The van der Waals surface area contributed by atoms with E-state index in [4.69, 9.17) is 14.9 Å². The summed E-state index contributed by atoms with van der Waals surface area (Å²) in [7, 11) is 1.43. The largest absolute Gasteiger partial charge is 0.504 e. The summed E-state index contributed by atoms with van der Waals surface area (Å²) >= 11 is 0. The molecular formula is C9H12O4. The highest BCUT2D eigenvalue weighted by Gasteiger charge is 2.11. The molecule has 0 aliphatic rings. The average Bonchev–Trinajstić information content (AvgIpc) is 2.17. The van der Waals surface area contributed by atoms with E-state index in [2.05, 4.69) is 0 Å². The fraction of sp³-hybridized carbons (Fsp3) is 0.333. The summed E-state index contributed by atoms with van der Waals surface area (Å²) in [6.07, 6.45) is 0. The Kier molecular flexibility index (Phi) is 3.11. The number of rotatable bonds is 3. The Bertz CT molecular complexity index is 296. The van der Waals surface area contributed by atoms with Crippen molar-refractivity contribution in [3.05, 3.63) is 23.3 Å². The van der Waals surface area contributed by atoms with Crippen LogP contribution in [0.4, 0.5) is 0 Å². The molecule has 0 unspecified atom stereocenters. The van der Waals surface area contributed by atoms with Crippen LogP contribution in [-0.4, -0.2) is 22.4 Å². The molecule has 3 N–H and O–H groups in total. The van der Waals surface area contributed by atoms with E-state index >= 15 is 0 Å². The molecule has 4 heteroatoms. The minimum Gasteiger partial charge on any atom is -0.504 e. The minimum atomic E-state index is -0.321. The summed E-state index contributed by atoms with van der Waals surface area (Å²) in [4.78, 5) is 0. The number of hydrogen-bond donors (Lipinski definition) is 3. The van der Waals surface area contributed by atoms with Gasteiger partial charge in [-0.1, -0.05) is 6.07 Å². The number of ether oxygens (including phenoxy) is 1. The third-order valence-corrected chi connectivity index (χ3v) is 1.89. The fourth-order valence-corrected chi connectivity index (χ4v) is 1.15. The molecule has 4 nitrogen and oxygen atoms in total. The Labute approximate surface area is 76.0 Å². The number of hydrogen-bond acceptors (Lipinski definition) is 4. The van der Waals surface area contributed by atoms with E-state index in [0.29, 0.717) is 16.9 Å². The second-order valence-corrected chi connectivity index (χ2v) is 2.57. The molecular weight excluding hydrogens is 172 g/mol. The summed E-state index contributed by atoms with van der Waals surface area (Å²) < 4.78 is 4.84. The summed E-state index contributed by atoms with van der Waals surface area (Å²) in [5.41, 5.74) is 0.808. The molecule has 1 rings (SSSR count). The SMILES string of the molecule is COc1ccc(CO)c(CO)c1O. The van der Waals surface area contributed by atoms with Crippen LogP contribution >= 0.6 is 0 Å². The third-order valence-electron chi connectivity index (χ3n) is 1.89. The fourth-order valence-electron chi connectivity index (χ4n) is 1.15. The van der Waals surface area contributed by atoms with Crippen LogP contribution in [0.2, 0.25) is 0 Å². The highest BCUT2D eigenvalue weighted by Crippen LogP contribution is 2.32. The Morgan fingerprint density at radius 2 is 1.92 bits per heavy atom. The van der Waals surface area contributed by atoms with E-state index < -0.39 is 0 Å². The second-order valence-electron chi connectivity index (χ2n) is 2.57. The van der Waals surface area contributed by atoms with Gasteiger partial charge in [0, 0.05) is 5.56 Å². The van der Waals surface area contributed by atoms with Gasteiger partial charge in [0.05, 0.1) is 20.3 Å². The predicted octanol–water partition coefficient (Wildman–Crippen LogP) is 0.385. The van der Waals surface area contributed by atoms with Crippen molar-refractivity contribution in [2.24, 2.45) is 0 Å². The van der Waals surface area contributed by atoms with Crippen molar-refractivity contribution in [1.29, 1.82) is 0 Å². The monoisotopic (exact) mass is 184 g/mol. The van der Waals surface area contributed by atoms with Crippen LogP contribution in [0.25, 0.3) is 0 Å². The zero-order valence-corrected chi connectivity index (χ0v) is 7.32. The highest BCUT2D eigenvalue weighted by atomic mass is 16.5. The van der Waals surface area contributed by atoms with E-state index in [1.807, 2.05) is 0 Å². The standard InChI is InChI=1S/C9H12O4/c1-13-8-3-2-6(4-10)7(5-11)9(8)12/h2-3,10-12H,4-5H2,1H3. The Balaban J connectivity index is 3.23. The van der Waals surface area contributed by atoms with Crippen LogP contribution in [0.1, 0.15) is 11.1 Å². The molecule has 0 fully saturated rings. The normalized spacial score (nSPS) is 10.1. The van der Waals surface area contributed by atoms with Crippen LogP contribution in [0, 0.1) is 0 Å². The first-order valence-corrected chi connectivity index (χ1v) is 3.84. The van der Waals surface area contributed by atoms with Gasteiger partial charge in [0.25, 0.3) is 0 Å². The molecule has 0 spiro atoms. The van der Waals surface area contributed by atoms with Crippen molar-refractivity contribution >= 4 is 0 Å². The first-order chi connectivity index (χ1) is 6.24. The van der Waals surface area contributed by atoms with Gasteiger partial charge in [-0.15, -0.1) is 0 Å². The third kappa shape index (κ3) is 1.74. The molecule has 72 valence electrons. The van der Waals surface area contributed by atoms with Gasteiger partial charge in [-0.3, -0.25) is 0 Å². The lowest BCUT2D eigenvalue weighted by Crippen LogP contribution is -1.96. The quantitative estimate of drug-likeness (QED) is 0.635. The number of aliphatic hydroxyl groups is 2. The van der Waals surface area contributed by atoms with E-state index in [1.54, 1.807) is 12.1 Å². The Hall–Kier alpha value is -1.26. The molecule has 0 saturated heterocycles. The van der Waals surface area contributed by atoms with Crippen molar-refractivity contribution in [3.8, 4) is 11.5 Å². The lowest BCUT2D eigenvalue weighted by Gasteiger charge is -2.10. The molecule has 0 heterocycles. The van der Waals surface area contributed by atoms with Gasteiger partial charge in [-0.25, -0.2) is 0 Å². The zero-order valence-electron chi connectivity index (χ0n) is 7.32. The van der Waals surface area contributed by atoms with Gasteiger partial charge in [-0.2, -0.15) is 0 Å². The van der Waals surface area contributed by atoms with Crippen molar-refractivity contribution in [3.63, 3.8) is 0 Å². The van der Waals surface area contributed by atoms with Crippen LogP contribution in [0.15, 0.2) is 12.1 Å². The van der Waals surface area contributed by atoms with Gasteiger partial charge in [-0.05, 0) is 11.6 Å². The minimum absolute atomic E-state index is 0.114. The van der Waals surface area contributed by atoms with Gasteiger partial charge in [0.2, 0.25) is 0 Å². The smallest absolute Gasteiger partial charge is 0.163 e. The summed E-state index contributed by atoms with van der Waals surface area (Å²) in [6, 6.07) is 3.14. The van der Waals surface area contributed by atoms with Crippen molar-refractivity contribution in [2.75, 3.05) is 7.11 Å². The van der Waals surface area contributed by atoms with Crippen molar-refractivity contribution in [1.82, 2.24) is 0 Å². The molecule has 0 amide bonds. The van der Waals surface area contributed by atoms with E-state index in [1.165, 1.54) is 7.11 Å². The van der Waals surface area contributed by atoms with E-state index in [9.17, 15) is 5.11 Å². The molecule has 0 atom stereocenters. The lowest BCUT2D eigenvalue weighted by molar-refractivity contribution is 0.252. The van der Waals surface area contributed by atoms with Gasteiger partial charge in [0.15, 0.2) is 11.5 Å². The highest BCUT2D eigenvalue weighted by molar-refractivity contribution is 5.49. The second kappa shape index (κ2) is 4.11. The molecule has 0 aliphatic heterocycles. The molecule has 0 radical (unpaired) electrons. The molecule has 0 aliphatic carbocycles. The summed E-state index contributed by atoms with van der Waals surface area (Å²) in [6.45, 7) is -0.535. The molecule has 13 heavy (non-hydrogen) atoms. The number of aromatic hydroxyl groups is 1. The van der Waals surface area contributed by atoms with Crippen LogP contribution < -0.4 is 4.74 Å². The topological polar surface area (TPSA) is 69.9 Å². The molecule has 0 saturated carbocycles. The summed E-state index contributed by atoms with van der Waals surface area (Å²) in [5, 5.41) is 27.3. The van der Waals surface area contributed by atoms with E-state index in [-0.39, 0.29) is 19.0 Å². The molecule has 1 aromatic carbocycles. The van der Waals surface area contributed by atoms with E-state index in [0.717, 1.165) is 0 Å². The van der Waals surface area contributed by atoms with Gasteiger partial charge < -0.3 is 20.1 Å². The Morgan fingerprint density at radius 3 is 2.38 bits per heavy atom. The molecule has 0 aromatic heterocycles. The van der Waals surface area contributed by atoms with Gasteiger partial charge in [0.1, 0.15) is 0 Å². The van der Waals surface area contributed by atoms with Crippen LogP contribution in [0.3, 0.4) is 0 Å². The maximum Gasteiger partial charge on any atom is 0.163 e. The maximum absolute atomic E-state index is 9.50. The molecule has 1 aromatic rings. The lowest BCUT2D eigenvalue weighted by atomic mass is 10.1. The number of aliphatic hydroxyl groups excluding tert-OH is 2. The van der Waals surface area contributed by atoms with Crippen LogP contribution in [0.5, 0.6) is 11.5 Å².